The van der Waals surface area contributed by atoms with Gasteiger partial charge in [0.1, 0.15) is 5.82 Å². The number of hydrogen-bond acceptors (Lipinski definition) is 3. The van der Waals surface area contributed by atoms with Gasteiger partial charge >= 0.3 is 0 Å². The van der Waals surface area contributed by atoms with Gasteiger partial charge in [0, 0.05) is 11.5 Å². The first-order valence-electron chi connectivity index (χ1n) is 5.14. The van der Waals surface area contributed by atoms with Crippen molar-refractivity contribution in [3.05, 3.63) is 39.7 Å². The molecule has 0 bridgehead atoms. The molecule has 1 N–H and O–H groups in total. The van der Waals surface area contributed by atoms with E-state index in [1.165, 1.54) is 12.1 Å². The van der Waals surface area contributed by atoms with Gasteiger partial charge in [-0.3, -0.25) is 10.1 Å². The molecule has 1 saturated carbocycles. The molecular weight excluding hydrogens is 213 g/mol. The van der Waals surface area contributed by atoms with Crippen molar-refractivity contribution in [2.45, 2.75) is 24.7 Å². The van der Waals surface area contributed by atoms with Crippen LogP contribution < -0.4 is 0 Å². The molecule has 4 nitrogen and oxygen atoms in total. The zero-order chi connectivity index (χ0) is 11.8. The van der Waals surface area contributed by atoms with Gasteiger partial charge in [-0.2, -0.15) is 0 Å². The second kappa shape index (κ2) is 3.83. The van der Waals surface area contributed by atoms with E-state index in [-0.39, 0.29) is 12.3 Å². The third-order valence-electron chi connectivity index (χ3n) is 3.35. The predicted octanol–water partition coefficient (Wildman–Crippen LogP) is 2.15. The largest absolute Gasteiger partial charge is 0.395 e. The molecule has 1 aliphatic rings. The van der Waals surface area contributed by atoms with Crippen molar-refractivity contribution in [1.82, 2.24) is 0 Å². The van der Waals surface area contributed by atoms with Crippen molar-refractivity contribution in [3.63, 3.8) is 0 Å². The minimum Gasteiger partial charge on any atom is -0.395 e. The summed E-state index contributed by atoms with van der Waals surface area (Å²) in [5.41, 5.74) is -0.375. The van der Waals surface area contributed by atoms with E-state index in [0.717, 1.165) is 25.3 Å². The Balaban J connectivity index is 2.39. The summed E-state index contributed by atoms with van der Waals surface area (Å²) in [4.78, 5) is 9.83. The molecule has 0 heterocycles. The van der Waals surface area contributed by atoms with Gasteiger partial charge in [-0.15, -0.1) is 0 Å². The average Bonchev–Trinajstić information content (AvgIpc) is 2.19. The van der Waals surface area contributed by atoms with E-state index in [1.54, 1.807) is 0 Å². The van der Waals surface area contributed by atoms with Gasteiger partial charge in [0.15, 0.2) is 0 Å². The van der Waals surface area contributed by atoms with Crippen LogP contribution in [0.25, 0.3) is 0 Å². The lowest BCUT2D eigenvalue weighted by Crippen LogP contribution is -2.38. The fourth-order valence-electron chi connectivity index (χ4n) is 2.16. The molecule has 0 unspecified atom stereocenters. The highest BCUT2D eigenvalue weighted by Gasteiger charge is 2.40. The van der Waals surface area contributed by atoms with Crippen molar-refractivity contribution in [1.29, 1.82) is 0 Å². The van der Waals surface area contributed by atoms with Crippen LogP contribution in [0.5, 0.6) is 0 Å². The number of aliphatic hydroxyl groups is 1. The number of non-ortho nitro benzene ring substituents is 1. The normalized spacial score (nSPS) is 17.9. The molecule has 1 aromatic rings. The lowest BCUT2D eigenvalue weighted by Gasteiger charge is -2.40. The molecule has 1 fully saturated rings. The van der Waals surface area contributed by atoms with Gasteiger partial charge in [0.05, 0.1) is 17.6 Å². The Morgan fingerprint density at radius 2 is 2.19 bits per heavy atom. The molecule has 0 saturated heterocycles. The zero-order valence-corrected chi connectivity index (χ0v) is 8.65. The molecule has 0 radical (unpaired) electrons. The minimum atomic E-state index is -0.626. The van der Waals surface area contributed by atoms with Crippen LogP contribution in [0.3, 0.4) is 0 Å². The van der Waals surface area contributed by atoms with Crippen LogP contribution in [0.2, 0.25) is 0 Å². The van der Waals surface area contributed by atoms with Crippen LogP contribution in [0.4, 0.5) is 10.1 Å². The lowest BCUT2D eigenvalue weighted by molar-refractivity contribution is -0.385. The Morgan fingerprint density at radius 3 is 2.56 bits per heavy atom. The summed E-state index contributed by atoms with van der Waals surface area (Å²) in [6, 6.07) is 3.63. The minimum absolute atomic E-state index is 0.109. The van der Waals surface area contributed by atoms with Crippen LogP contribution in [0, 0.1) is 15.9 Å². The fraction of sp³-hybridized carbons (Fsp3) is 0.455. The summed E-state index contributed by atoms with van der Waals surface area (Å²) in [6.07, 6.45) is 2.42. The van der Waals surface area contributed by atoms with Gasteiger partial charge in [-0.25, -0.2) is 4.39 Å². The zero-order valence-electron chi connectivity index (χ0n) is 8.65. The van der Waals surface area contributed by atoms with E-state index in [0.29, 0.717) is 5.56 Å². The molecule has 0 atom stereocenters. The molecule has 1 aliphatic carbocycles. The third kappa shape index (κ3) is 1.57. The molecule has 2 rings (SSSR count). The summed E-state index contributed by atoms with van der Waals surface area (Å²) in [5, 5.41) is 19.7. The monoisotopic (exact) mass is 225 g/mol. The van der Waals surface area contributed by atoms with Crippen LogP contribution >= 0.6 is 0 Å². The topological polar surface area (TPSA) is 63.4 Å². The standard InChI is InChI=1S/C11H12FNO3/c12-10-6-8(13(15)16)2-3-9(10)11(7-14)4-1-5-11/h2-3,6,14H,1,4-5,7H2. The van der Waals surface area contributed by atoms with Crippen LogP contribution in [-0.4, -0.2) is 16.6 Å². The Labute approximate surface area is 91.9 Å². The third-order valence-corrected chi connectivity index (χ3v) is 3.35. The van der Waals surface area contributed by atoms with Crippen molar-refractivity contribution in [2.24, 2.45) is 0 Å². The van der Waals surface area contributed by atoms with E-state index >= 15 is 0 Å². The van der Waals surface area contributed by atoms with Gasteiger partial charge in [0.25, 0.3) is 5.69 Å². The Hall–Kier alpha value is -1.49. The summed E-state index contributed by atoms with van der Waals surface area (Å²) in [5.74, 6) is -0.594. The van der Waals surface area contributed by atoms with Crippen molar-refractivity contribution < 1.29 is 14.4 Å². The van der Waals surface area contributed by atoms with E-state index in [9.17, 15) is 19.6 Å². The first kappa shape index (κ1) is 11.0. The van der Waals surface area contributed by atoms with Gasteiger partial charge < -0.3 is 5.11 Å². The van der Waals surface area contributed by atoms with Gasteiger partial charge in [-0.05, 0) is 24.5 Å². The second-order valence-corrected chi connectivity index (χ2v) is 4.21. The first-order chi connectivity index (χ1) is 7.59. The fourth-order valence-corrected chi connectivity index (χ4v) is 2.16. The van der Waals surface area contributed by atoms with E-state index in [2.05, 4.69) is 0 Å². The molecule has 0 aliphatic heterocycles. The molecule has 5 heteroatoms. The molecule has 86 valence electrons. The number of nitro benzene ring substituents is 1. The van der Waals surface area contributed by atoms with Crippen LogP contribution in [0.15, 0.2) is 18.2 Å². The smallest absolute Gasteiger partial charge is 0.272 e. The Morgan fingerprint density at radius 1 is 1.50 bits per heavy atom. The quantitative estimate of drug-likeness (QED) is 0.633. The number of hydrogen-bond donors (Lipinski definition) is 1. The number of halogens is 1. The number of nitrogens with zero attached hydrogens (tertiary/aromatic N) is 1. The van der Waals surface area contributed by atoms with Crippen molar-refractivity contribution >= 4 is 5.69 Å². The van der Waals surface area contributed by atoms with Crippen molar-refractivity contribution in [3.8, 4) is 0 Å². The maximum Gasteiger partial charge on any atom is 0.272 e. The number of rotatable bonds is 3. The van der Waals surface area contributed by atoms with E-state index in [4.69, 9.17) is 0 Å². The first-order valence-corrected chi connectivity index (χ1v) is 5.14. The average molecular weight is 225 g/mol. The molecule has 16 heavy (non-hydrogen) atoms. The van der Waals surface area contributed by atoms with Crippen LogP contribution in [0.1, 0.15) is 24.8 Å². The van der Waals surface area contributed by atoms with E-state index in [1.807, 2.05) is 0 Å². The highest BCUT2D eigenvalue weighted by atomic mass is 19.1. The molecule has 0 spiro atoms. The maximum atomic E-state index is 13.7. The van der Waals surface area contributed by atoms with Crippen molar-refractivity contribution in [2.75, 3.05) is 6.61 Å². The predicted molar refractivity (Wildman–Crippen MR) is 55.7 cm³/mol. The molecule has 0 amide bonds. The highest BCUT2D eigenvalue weighted by Crippen LogP contribution is 2.44. The van der Waals surface area contributed by atoms with E-state index < -0.39 is 16.2 Å². The highest BCUT2D eigenvalue weighted by molar-refractivity contribution is 5.39. The number of benzene rings is 1. The SMILES string of the molecule is O=[N+]([O-])c1ccc(C2(CO)CCC2)c(F)c1. The lowest BCUT2D eigenvalue weighted by atomic mass is 9.65. The van der Waals surface area contributed by atoms with Gasteiger partial charge in [-0.1, -0.05) is 6.42 Å². The maximum absolute atomic E-state index is 13.7. The summed E-state index contributed by atoms with van der Waals surface area (Å²) in [6.45, 7) is -0.109. The van der Waals surface area contributed by atoms with Gasteiger partial charge in [0.2, 0.25) is 0 Å². The Bertz CT molecular complexity index is 424. The number of aliphatic hydroxyl groups excluding tert-OH is 1. The summed E-state index contributed by atoms with van der Waals surface area (Å²) >= 11 is 0. The summed E-state index contributed by atoms with van der Waals surface area (Å²) in [7, 11) is 0. The molecular formula is C11H12FNO3. The molecule has 1 aromatic carbocycles. The van der Waals surface area contributed by atoms with Crippen LogP contribution in [-0.2, 0) is 5.41 Å². The number of nitro groups is 1. The molecule has 0 aromatic heterocycles. The Kier molecular flexibility index (Phi) is 2.63. The second-order valence-electron chi connectivity index (χ2n) is 4.21. The summed E-state index contributed by atoms with van der Waals surface area (Å²) < 4.78 is 13.7.